The van der Waals surface area contributed by atoms with Crippen molar-refractivity contribution in [2.24, 2.45) is 0 Å². The molecule has 0 fully saturated rings. The molecule has 8 heteroatoms. The first-order chi connectivity index (χ1) is 30.1. The Hall–Kier alpha value is -0.440. The second-order valence-corrected chi connectivity index (χ2v) is 20.9. The lowest BCUT2D eigenvalue weighted by molar-refractivity contribution is -0.144. The quantitative estimate of drug-likeness (QED) is 0.0340. The average Bonchev–Trinajstić information content (AvgIpc) is 3.26. The van der Waals surface area contributed by atoms with Crippen LogP contribution in [0.4, 0.5) is 0 Å². The van der Waals surface area contributed by atoms with Crippen molar-refractivity contribution in [1.29, 1.82) is 0 Å². The fourth-order valence-electron chi connectivity index (χ4n) is 8.22. The number of ether oxygens (including phenoxy) is 2. The van der Waals surface area contributed by atoms with Crippen molar-refractivity contribution in [3.8, 4) is 0 Å². The third-order valence-corrected chi connectivity index (χ3v) is 14.6. The van der Waals surface area contributed by atoms with Gasteiger partial charge in [0.25, 0.3) is 0 Å². The predicted octanol–water partition coefficient (Wildman–Crippen LogP) is 16.6. The van der Waals surface area contributed by atoms with Crippen LogP contribution in [0.25, 0.3) is 0 Å². The summed E-state index contributed by atoms with van der Waals surface area (Å²) in [6.45, 7) is 16.7. The largest absolute Gasteiger partial charge is 0.465 e. The minimum Gasteiger partial charge on any atom is -0.465 e. The lowest BCUT2D eigenvalue weighted by Crippen LogP contribution is -2.29. The van der Waals surface area contributed by atoms with Gasteiger partial charge in [-0.05, 0) is 71.2 Å². The molecule has 0 heterocycles. The molecule has 0 aliphatic carbocycles. The third-order valence-electron chi connectivity index (χ3n) is 12.2. The van der Waals surface area contributed by atoms with Crippen molar-refractivity contribution < 1.29 is 19.1 Å². The first-order valence-electron chi connectivity index (χ1n) is 27.1. The Bertz CT molecular complexity index is 841. The summed E-state index contributed by atoms with van der Waals surface area (Å²) in [5.41, 5.74) is 0. The van der Waals surface area contributed by atoms with Crippen LogP contribution in [-0.2, 0) is 19.1 Å². The van der Waals surface area contributed by atoms with Crippen molar-refractivity contribution in [3.05, 3.63) is 0 Å². The van der Waals surface area contributed by atoms with Crippen LogP contribution in [0.3, 0.4) is 0 Å². The van der Waals surface area contributed by atoms with E-state index >= 15 is 0 Å². The van der Waals surface area contributed by atoms with Crippen LogP contribution in [0.5, 0.6) is 0 Å². The van der Waals surface area contributed by atoms with Gasteiger partial charge in [0.15, 0.2) is 0 Å². The van der Waals surface area contributed by atoms with Gasteiger partial charge in [-0.1, -0.05) is 235 Å². The number of esters is 2. The van der Waals surface area contributed by atoms with Crippen molar-refractivity contribution in [1.82, 2.24) is 9.80 Å². The molecule has 6 nitrogen and oxygen atoms in total. The van der Waals surface area contributed by atoms with Crippen LogP contribution >= 0.6 is 21.6 Å². The van der Waals surface area contributed by atoms with E-state index in [0.717, 1.165) is 44.0 Å². The summed E-state index contributed by atoms with van der Waals surface area (Å²) < 4.78 is 11.1. The standard InChI is InChI=1S/C53H106N2O4S2/c1-5-9-13-17-21-25-29-35-42-54(43-36-30-26-22-18-14-10-6-2)44-39-33-34-40-52(56)58-48-50-60-61-51-49-59-53(57)41-47-55(45-37-31-27-23-19-15-11-7-3)46-38-32-28-24-20-16-12-8-4/h5-51H2,1-4H3. The molecule has 0 bridgehead atoms. The Morgan fingerprint density at radius 3 is 0.869 bits per heavy atom. The van der Waals surface area contributed by atoms with Gasteiger partial charge in [0.05, 0.1) is 6.42 Å². The Morgan fingerprint density at radius 2 is 0.557 bits per heavy atom. The zero-order valence-electron chi connectivity index (χ0n) is 41.6. The van der Waals surface area contributed by atoms with E-state index in [-0.39, 0.29) is 11.9 Å². The van der Waals surface area contributed by atoms with Gasteiger partial charge in [-0.15, -0.1) is 0 Å². The maximum Gasteiger partial charge on any atom is 0.307 e. The lowest BCUT2D eigenvalue weighted by Gasteiger charge is -2.22. The summed E-state index contributed by atoms with van der Waals surface area (Å²) in [5.74, 6) is 1.40. The molecule has 0 aromatic rings. The van der Waals surface area contributed by atoms with Crippen LogP contribution in [0.1, 0.15) is 265 Å². The highest BCUT2D eigenvalue weighted by Crippen LogP contribution is 2.21. The summed E-state index contributed by atoms with van der Waals surface area (Å²) in [6.07, 6.45) is 47.6. The Balaban J connectivity index is 4.13. The monoisotopic (exact) mass is 899 g/mol. The van der Waals surface area contributed by atoms with Gasteiger partial charge < -0.3 is 19.3 Å². The Labute approximate surface area is 389 Å². The first-order valence-corrected chi connectivity index (χ1v) is 29.6. The predicted molar refractivity (Wildman–Crippen MR) is 273 cm³/mol. The van der Waals surface area contributed by atoms with Crippen LogP contribution in [0.15, 0.2) is 0 Å². The summed E-state index contributed by atoms with van der Waals surface area (Å²) in [4.78, 5) is 30.2. The van der Waals surface area contributed by atoms with E-state index < -0.39 is 0 Å². The topological polar surface area (TPSA) is 59.1 Å². The fraction of sp³-hybridized carbons (Fsp3) is 0.962. The average molecular weight is 900 g/mol. The fourth-order valence-corrected chi connectivity index (χ4v) is 9.87. The van der Waals surface area contributed by atoms with Crippen LogP contribution < -0.4 is 0 Å². The number of nitrogens with zero attached hydrogens (tertiary/aromatic N) is 2. The van der Waals surface area contributed by atoms with Gasteiger partial charge in [-0.3, -0.25) is 9.59 Å². The maximum atomic E-state index is 12.6. The molecule has 0 unspecified atom stereocenters. The van der Waals surface area contributed by atoms with Crippen molar-refractivity contribution in [3.63, 3.8) is 0 Å². The van der Waals surface area contributed by atoms with E-state index in [4.69, 9.17) is 9.47 Å². The molecule has 0 aromatic carbocycles. The van der Waals surface area contributed by atoms with E-state index in [9.17, 15) is 9.59 Å². The van der Waals surface area contributed by atoms with E-state index in [2.05, 4.69) is 37.5 Å². The molecule has 364 valence electrons. The lowest BCUT2D eigenvalue weighted by atomic mass is 10.1. The molecular formula is C53H106N2O4S2. The molecule has 0 spiro atoms. The highest BCUT2D eigenvalue weighted by Gasteiger charge is 2.11. The molecule has 0 amide bonds. The number of hydrogen-bond acceptors (Lipinski definition) is 8. The molecule has 0 aliphatic rings. The molecule has 0 saturated carbocycles. The molecular weight excluding hydrogens is 793 g/mol. The van der Waals surface area contributed by atoms with Crippen molar-refractivity contribution >= 4 is 33.5 Å². The zero-order valence-corrected chi connectivity index (χ0v) is 43.2. The number of unbranched alkanes of at least 4 members (excludes halogenated alkanes) is 30. The van der Waals surface area contributed by atoms with Crippen molar-refractivity contribution in [2.45, 2.75) is 265 Å². The molecule has 0 saturated heterocycles. The Morgan fingerprint density at radius 1 is 0.311 bits per heavy atom. The number of carbonyl (C=O) groups excluding carboxylic acids is 2. The van der Waals surface area contributed by atoms with E-state index in [1.54, 1.807) is 21.6 Å². The van der Waals surface area contributed by atoms with E-state index in [1.807, 2.05) is 0 Å². The third kappa shape index (κ3) is 48.8. The summed E-state index contributed by atoms with van der Waals surface area (Å²) >= 11 is 0. The van der Waals surface area contributed by atoms with Gasteiger partial charge >= 0.3 is 11.9 Å². The Kier molecular flexibility index (Phi) is 51.8. The van der Waals surface area contributed by atoms with Crippen LogP contribution in [0, 0.1) is 0 Å². The van der Waals surface area contributed by atoms with Crippen LogP contribution in [0.2, 0.25) is 0 Å². The maximum absolute atomic E-state index is 12.6. The first kappa shape index (κ1) is 60.6. The molecule has 0 aromatic heterocycles. The second-order valence-electron chi connectivity index (χ2n) is 18.2. The summed E-state index contributed by atoms with van der Waals surface area (Å²) in [5, 5.41) is 0. The van der Waals surface area contributed by atoms with Crippen molar-refractivity contribution in [2.75, 3.05) is 64.0 Å². The molecule has 0 atom stereocenters. The number of hydrogen-bond donors (Lipinski definition) is 0. The van der Waals surface area contributed by atoms with Crippen LogP contribution in [-0.4, -0.2) is 85.7 Å². The van der Waals surface area contributed by atoms with Gasteiger partial charge in [0, 0.05) is 24.5 Å². The SMILES string of the molecule is CCCCCCCCCCN(CCCCCCCCCC)CCCCCC(=O)OCCSSCCOC(=O)CCN(CCCCCCCCCC)CCCCCCCCCC. The normalized spacial score (nSPS) is 11.6. The molecule has 61 heavy (non-hydrogen) atoms. The second kappa shape index (κ2) is 52.2. The summed E-state index contributed by atoms with van der Waals surface area (Å²) in [7, 11) is 3.40. The minimum absolute atomic E-state index is 0.0619. The van der Waals surface area contributed by atoms with Gasteiger partial charge in [-0.2, -0.15) is 0 Å². The van der Waals surface area contributed by atoms with E-state index in [0.29, 0.717) is 26.1 Å². The highest BCUT2D eigenvalue weighted by atomic mass is 33.1. The van der Waals surface area contributed by atoms with Gasteiger partial charge in [0.1, 0.15) is 13.2 Å². The number of carbonyl (C=O) groups is 2. The van der Waals surface area contributed by atoms with Gasteiger partial charge in [0.2, 0.25) is 0 Å². The van der Waals surface area contributed by atoms with Gasteiger partial charge in [-0.25, -0.2) is 0 Å². The molecule has 0 rings (SSSR count). The molecule has 0 radical (unpaired) electrons. The minimum atomic E-state index is -0.0731. The smallest absolute Gasteiger partial charge is 0.307 e. The molecule has 0 N–H and O–H groups in total. The highest BCUT2D eigenvalue weighted by molar-refractivity contribution is 8.76. The van der Waals surface area contributed by atoms with E-state index in [1.165, 1.54) is 232 Å². The molecule has 0 aliphatic heterocycles. The summed E-state index contributed by atoms with van der Waals surface area (Å²) in [6, 6.07) is 0. The number of rotatable bonds is 52. The zero-order chi connectivity index (χ0) is 44.4.